The number of nitrogens with two attached hydrogens (primary N) is 1. The third kappa shape index (κ3) is 5.23. The van der Waals surface area contributed by atoms with Gasteiger partial charge in [0.15, 0.2) is 5.11 Å². The van der Waals surface area contributed by atoms with Crippen molar-refractivity contribution in [3.05, 3.63) is 36.5 Å². The molecule has 0 fully saturated rings. The summed E-state index contributed by atoms with van der Waals surface area (Å²) in [5.74, 6) is 1.03. The molecule has 4 N–H and O–H groups in total. The summed E-state index contributed by atoms with van der Waals surface area (Å²) in [5, 5.41) is 3.85. The Labute approximate surface area is 149 Å². The molecule has 2 rings (SSSR count). The lowest BCUT2D eigenvalue weighted by Crippen LogP contribution is -2.37. The van der Waals surface area contributed by atoms with Crippen molar-refractivity contribution in [1.82, 2.24) is 15.0 Å². The number of rotatable bonds is 8. The Bertz CT molecular complexity index is 638. The van der Waals surface area contributed by atoms with E-state index in [0.29, 0.717) is 17.0 Å². The fourth-order valence-corrected chi connectivity index (χ4v) is 2.74. The number of benzene rings is 1. The maximum atomic E-state index is 5.98. The average molecular weight is 346 g/mol. The molecule has 0 bridgehead atoms. The van der Waals surface area contributed by atoms with Crippen LogP contribution in [0.1, 0.15) is 39.5 Å². The maximum Gasteiger partial charge on any atom is 0.220 e. The predicted molar refractivity (Wildman–Crippen MR) is 105 cm³/mol. The summed E-state index contributed by atoms with van der Waals surface area (Å²) in [5.41, 5.74) is 10.9. The van der Waals surface area contributed by atoms with Crippen LogP contribution in [-0.4, -0.2) is 21.3 Å². The van der Waals surface area contributed by atoms with Crippen molar-refractivity contribution in [2.24, 2.45) is 5.92 Å². The highest BCUT2D eigenvalue weighted by Gasteiger charge is 2.09. The van der Waals surface area contributed by atoms with Crippen LogP contribution in [0.4, 0.5) is 5.95 Å². The lowest BCUT2D eigenvalue weighted by molar-refractivity contribution is 0.446. The first kappa shape index (κ1) is 18.3. The van der Waals surface area contributed by atoms with Crippen LogP contribution in [0.25, 0.3) is 11.3 Å². The molecule has 0 amide bonds. The molecule has 0 aliphatic rings. The molecule has 0 saturated carbocycles. The first-order chi connectivity index (χ1) is 11.6. The highest BCUT2D eigenvalue weighted by molar-refractivity contribution is 7.80. The molecule has 130 valence electrons. The minimum Gasteiger partial charge on any atom is -0.368 e. The fraction of sp³-hybridized carbons (Fsp3) is 0.444. The molecule has 24 heavy (non-hydrogen) atoms. The Morgan fingerprint density at radius 1 is 1.29 bits per heavy atom. The van der Waals surface area contributed by atoms with E-state index in [2.05, 4.69) is 29.6 Å². The van der Waals surface area contributed by atoms with Gasteiger partial charge in [0.2, 0.25) is 5.95 Å². The Kier molecular flexibility index (Phi) is 7.06. The van der Waals surface area contributed by atoms with Crippen molar-refractivity contribution in [2.75, 3.05) is 17.7 Å². The van der Waals surface area contributed by atoms with E-state index in [1.165, 1.54) is 19.3 Å². The van der Waals surface area contributed by atoms with E-state index in [4.69, 9.17) is 18.0 Å². The Balaban J connectivity index is 1.91. The molecule has 1 aromatic heterocycles. The second-order valence-electron chi connectivity index (χ2n) is 5.96. The highest BCUT2D eigenvalue weighted by atomic mass is 32.1. The Morgan fingerprint density at radius 2 is 2.04 bits per heavy atom. The van der Waals surface area contributed by atoms with Gasteiger partial charge in [-0.15, -0.1) is 0 Å². The normalized spacial score (nSPS) is 11.9. The number of thiocarbonyl (C=S) groups is 1. The van der Waals surface area contributed by atoms with Crippen LogP contribution in [0, 0.1) is 5.92 Å². The van der Waals surface area contributed by atoms with Crippen LogP contribution < -0.4 is 16.5 Å². The number of anilines is 1. The topological polar surface area (TPSA) is 67.9 Å². The first-order valence-corrected chi connectivity index (χ1v) is 9.00. The van der Waals surface area contributed by atoms with Gasteiger partial charge in [-0.3, -0.25) is 5.43 Å². The SMILES string of the molecule is CCCC[C@H](CC)CNC(=S)Nn1cc(-c2ccccc2)nc1N. The lowest BCUT2D eigenvalue weighted by Gasteiger charge is -2.17. The van der Waals surface area contributed by atoms with E-state index in [0.717, 1.165) is 24.2 Å². The molecule has 0 spiro atoms. The van der Waals surface area contributed by atoms with Crippen molar-refractivity contribution in [2.45, 2.75) is 39.5 Å². The fourth-order valence-electron chi connectivity index (χ4n) is 2.56. The van der Waals surface area contributed by atoms with Gasteiger partial charge in [-0.05, 0) is 24.6 Å². The molecular weight excluding hydrogens is 318 g/mol. The average Bonchev–Trinajstić information content (AvgIpc) is 2.96. The van der Waals surface area contributed by atoms with Crippen LogP contribution in [0.5, 0.6) is 0 Å². The molecule has 5 nitrogen and oxygen atoms in total. The molecule has 0 saturated heterocycles. The molecule has 1 aromatic carbocycles. The number of nitrogen functional groups attached to an aromatic ring is 1. The molecule has 6 heteroatoms. The van der Waals surface area contributed by atoms with Crippen LogP contribution in [0.3, 0.4) is 0 Å². The van der Waals surface area contributed by atoms with Crippen molar-refractivity contribution >= 4 is 23.3 Å². The zero-order chi connectivity index (χ0) is 17.4. The molecule has 1 atom stereocenters. The second-order valence-corrected chi connectivity index (χ2v) is 6.37. The molecule has 0 unspecified atom stereocenters. The van der Waals surface area contributed by atoms with Crippen LogP contribution in [-0.2, 0) is 0 Å². The lowest BCUT2D eigenvalue weighted by atomic mass is 9.99. The van der Waals surface area contributed by atoms with E-state index in [1.807, 2.05) is 36.5 Å². The van der Waals surface area contributed by atoms with E-state index < -0.39 is 0 Å². The number of aromatic nitrogens is 2. The minimum atomic E-state index is 0.385. The second kappa shape index (κ2) is 9.27. The van der Waals surface area contributed by atoms with E-state index in [9.17, 15) is 0 Å². The standard InChI is InChI=1S/C18H27N5S/c1-3-5-9-14(4-2)12-20-18(24)22-23-13-16(21-17(23)19)15-10-7-6-8-11-15/h6-8,10-11,13-14H,3-5,9,12H2,1-2H3,(H2,19,21)(H2,20,22,24)/t14-/m0/s1. The van der Waals surface area contributed by atoms with Gasteiger partial charge in [0.1, 0.15) is 0 Å². The van der Waals surface area contributed by atoms with E-state index in [1.54, 1.807) is 4.68 Å². The van der Waals surface area contributed by atoms with Gasteiger partial charge in [0, 0.05) is 12.1 Å². The van der Waals surface area contributed by atoms with Gasteiger partial charge in [-0.1, -0.05) is 63.4 Å². The van der Waals surface area contributed by atoms with Gasteiger partial charge in [-0.2, -0.15) is 0 Å². The third-order valence-electron chi connectivity index (χ3n) is 4.12. The number of imidazole rings is 1. The van der Waals surface area contributed by atoms with Crippen molar-refractivity contribution in [3.63, 3.8) is 0 Å². The maximum absolute atomic E-state index is 5.98. The monoisotopic (exact) mass is 345 g/mol. The van der Waals surface area contributed by atoms with Crippen molar-refractivity contribution in [3.8, 4) is 11.3 Å². The van der Waals surface area contributed by atoms with E-state index in [-0.39, 0.29) is 0 Å². The zero-order valence-electron chi connectivity index (χ0n) is 14.5. The Hall–Kier alpha value is -2.08. The molecular formula is C18H27N5S. The van der Waals surface area contributed by atoms with Crippen molar-refractivity contribution < 1.29 is 0 Å². The van der Waals surface area contributed by atoms with Crippen LogP contribution >= 0.6 is 12.2 Å². The van der Waals surface area contributed by atoms with Gasteiger partial charge >= 0.3 is 0 Å². The van der Waals surface area contributed by atoms with Gasteiger partial charge < -0.3 is 11.1 Å². The van der Waals surface area contributed by atoms with Gasteiger partial charge in [-0.25, -0.2) is 9.66 Å². The first-order valence-electron chi connectivity index (χ1n) is 8.59. The van der Waals surface area contributed by atoms with Crippen LogP contribution in [0.2, 0.25) is 0 Å². The van der Waals surface area contributed by atoms with Crippen LogP contribution in [0.15, 0.2) is 36.5 Å². The quantitative estimate of drug-likeness (QED) is 0.636. The molecule has 0 radical (unpaired) electrons. The summed E-state index contributed by atoms with van der Waals surface area (Å²) in [4.78, 5) is 4.38. The smallest absolute Gasteiger partial charge is 0.220 e. The predicted octanol–water partition coefficient (Wildman–Crippen LogP) is 3.77. The highest BCUT2D eigenvalue weighted by Crippen LogP contribution is 2.18. The summed E-state index contributed by atoms with van der Waals surface area (Å²) in [6, 6.07) is 9.94. The molecule has 1 heterocycles. The molecule has 2 aromatic rings. The number of nitrogens with zero attached hydrogens (tertiary/aromatic N) is 2. The summed E-state index contributed by atoms with van der Waals surface area (Å²) < 4.78 is 1.66. The van der Waals surface area contributed by atoms with Crippen molar-refractivity contribution in [1.29, 1.82) is 0 Å². The number of hydrogen-bond donors (Lipinski definition) is 3. The minimum absolute atomic E-state index is 0.385. The number of unbranched alkanes of at least 4 members (excludes halogenated alkanes) is 1. The summed E-state index contributed by atoms with van der Waals surface area (Å²) in [6.45, 7) is 5.32. The third-order valence-corrected chi connectivity index (χ3v) is 4.35. The zero-order valence-corrected chi connectivity index (χ0v) is 15.3. The number of nitrogens with one attached hydrogen (secondary N) is 2. The van der Waals surface area contributed by atoms with Gasteiger partial charge in [0.25, 0.3) is 0 Å². The largest absolute Gasteiger partial charge is 0.368 e. The summed E-state index contributed by atoms with van der Waals surface area (Å²) in [6.07, 6.45) is 6.73. The van der Waals surface area contributed by atoms with E-state index >= 15 is 0 Å². The number of hydrogen-bond acceptors (Lipinski definition) is 3. The molecule has 0 aliphatic heterocycles. The molecule has 0 aliphatic carbocycles. The Morgan fingerprint density at radius 3 is 2.71 bits per heavy atom. The summed E-state index contributed by atoms with van der Waals surface area (Å²) >= 11 is 5.37. The van der Waals surface area contributed by atoms with Gasteiger partial charge in [0.05, 0.1) is 11.9 Å². The summed E-state index contributed by atoms with van der Waals surface area (Å²) in [7, 11) is 0.